The number of fused-ring (bicyclic) bond motifs is 1. The normalized spacial score (nSPS) is 12.3. The third kappa shape index (κ3) is 4.92. The van der Waals surface area contributed by atoms with Gasteiger partial charge in [0.25, 0.3) is 0 Å². The summed E-state index contributed by atoms with van der Waals surface area (Å²) in [6, 6.07) is 17.9. The Bertz CT molecular complexity index is 1310. The number of nitrogens with zero attached hydrogens (tertiary/aromatic N) is 1. The lowest BCUT2D eigenvalue weighted by Crippen LogP contribution is -2.35. The van der Waals surface area contributed by atoms with Crippen LogP contribution in [0.4, 0.5) is 8.78 Å². The lowest BCUT2D eigenvalue weighted by Gasteiger charge is -2.15. The van der Waals surface area contributed by atoms with Gasteiger partial charge in [0.1, 0.15) is 17.3 Å². The van der Waals surface area contributed by atoms with E-state index in [4.69, 9.17) is 4.42 Å². The Morgan fingerprint density at radius 3 is 2.53 bits per heavy atom. The number of carboxylic acid groups (broad SMARTS) is 1. The molecule has 1 aromatic heterocycles. The van der Waals surface area contributed by atoms with Crippen LogP contribution in [-0.2, 0) is 11.3 Å². The van der Waals surface area contributed by atoms with Gasteiger partial charge in [0.15, 0.2) is 5.58 Å². The zero-order valence-corrected chi connectivity index (χ0v) is 18.7. The Balaban J connectivity index is 1.73. The number of rotatable bonds is 9. The van der Waals surface area contributed by atoms with E-state index in [1.807, 2.05) is 55.5 Å². The van der Waals surface area contributed by atoms with Crippen LogP contribution in [0.1, 0.15) is 24.5 Å². The number of hydrogen-bond acceptors (Lipinski definition) is 5. The van der Waals surface area contributed by atoms with Gasteiger partial charge in [-0.3, -0.25) is 4.79 Å². The van der Waals surface area contributed by atoms with Crippen molar-refractivity contribution in [3.8, 4) is 28.3 Å². The minimum Gasteiger partial charge on any atom is -0.480 e. The molecule has 0 bridgehead atoms. The van der Waals surface area contributed by atoms with Crippen LogP contribution in [0.5, 0.6) is 5.75 Å². The van der Waals surface area contributed by atoms with Crippen LogP contribution in [0.25, 0.3) is 33.7 Å². The molecule has 0 fully saturated rings. The van der Waals surface area contributed by atoms with Crippen molar-refractivity contribution in [1.29, 1.82) is 0 Å². The molecule has 34 heavy (non-hydrogen) atoms. The highest BCUT2D eigenvalue weighted by Gasteiger charge is 2.20. The highest BCUT2D eigenvalue weighted by atomic mass is 19.3. The van der Waals surface area contributed by atoms with E-state index in [0.29, 0.717) is 29.0 Å². The van der Waals surface area contributed by atoms with Crippen LogP contribution in [0.2, 0.25) is 0 Å². The molecule has 4 rings (SSSR count). The smallest absolute Gasteiger partial charge is 0.387 e. The second kappa shape index (κ2) is 10.0. The summed E-state index contributed by atoms with van der Waals surface area (Å²) in [5, 5.41) is 12.1. The topological polar surface area (TPSA) is 84.6 Å². The summed E-state index contributed by atoms with van der Waals surface area (Å²) in [5.74, 6) is -0.750. The first-order valence-electron chi connectivity index (χ1n) is 10.9. The van der Waals surface area contributed by atoms with Crippen molar-refractivity contribution >= 4 is 17.1 Å². The first-order chi connectivity index (χ1) is 16.4. The van der Waals surface area contributed by atoms with E-state index in [0.717, 1.165) is 22.3 Å². The standard InChI is InChI=1S/C26H24F2N2O4/c1-3-20(25(31)32)29-14-17-12-21-23(13-22(17)34-26(27)28)33-24(30-21)19-11-7-10-18(15(19)2)16-8-5-4-6-9-16/h4-13,20,26,29H,3,14H2,1-2H3,(H,31,32). The van der Waals surface area contributed by atoms with Gasteiger partial charge < -0.3 is 19.6 Å². The number of benzene rings is 3. The molecular weight excluding hydrogens is 442 g/mol. The molecule has 0 spiro atoms. The van der Waals surface area contributed by atoms with E-state index in [1.54, 1.807) is 13.0 Å². The Morgan fingerprint density at radius 1 is 1.12 bits per heavy atom. The quantitative estimate of drug-likeness (QED) is 0.314. The van der Waals surface area contributed by atoms with Gasteiger partial charge in [-0.25, -0.2) is 4.98 Å². The number of aromatic nitrogens is 1. The summed E-state index contributed by atoms with van der Waals surface area (Å²) in [5.41, 5.74) is 4.96. The molecule has 0 aliphatic heterocycles. The number of aliphatic carboxylic acids is 1. The van der Waals surface area contributed by atoms with Gasteiger partial charge >= 0.3 is 12.6 Å². The zero-order chi connectivity index (χ0) is 24.2. The predicted octanol–water partition coefficient (Wildman–Crippen LogP) is 6.02. The van der Waals surface area contributed by atoms with Crippen molar-refractivity contribution in [3.63, 3.8) is 0 Å². The molecule has 0 amide bonds. The van der Waals surface area contributed by atoms with Gasteiger partial charge in [-0.05, 0) is 42.2 Å². The fourth-order valence-corrected chi connectivity index (χ4v) is 3.89. The number of halogens is 2. The van der Waals surface area contributed by atoms with Crippen molar-refractivity contribution in [1.82, 2.24) is 10.3 Å². The molecule has 1 atom stereocenters. The number of carbonyl (C=O) groups is 1. The minimum absolute atomic E-state index is 0.0213. The van der Waals surface area contributed by atoms with Crippen molar-refractivity contribution in [2.75, 3.05) is 0 Å². The summed E-state index contributed by atoms with van der Waals surface area (Å²) >= 11 is 0. The van der Waals surface area contributed by atoms with Gasteiger partial charge in [0.2, 0.25) is 5.89 Å². The van der Waals surface area contributed by atoms with Gasteiger partial charge in [-0.15, -0.1) is 0 Å². The van der Waals surface area contributed by atoms with E-state index in [9.17, 15) is 18.7 Å². The molecule has 3 aromatic carbocycles. The molecule has 1 heterocycles. The average molecular weight is 466 g/mol. The van der Waals surface area contributed by atoms with Crippen molar-refractivity contribution < 1.29 is 27.8 Å². The lowest BCUT2D eigenvalue weighted by atomic mass is 9.96. The molecule has 0 saturated heterocycles. The molecule has 0 radical (unpaired) electrons. The largest absolute Gasteiger partial charge is 0.480 e. The maximum absolute atomic E-state index is 13.0. The van der Waals surface area contributed by atoms with Crippen LogP contribution in [0.3, 0.4) is 0 Å². The molecule has 2 N–H and O–H groups in total. The van der Waals surface area contributed by atoms with E-state index in [2.05, 4.69) is 15.0 Å². The number of carboxylic acids is 1. The molecular formula is C26H24F2N2O4. The summed E-state index contributed by atoms with van der Waals surface area (Å²) in [7, 11) is 0. The Labute approximate surface area is 195 Å². The van der Waals surface area contributed by atoms with Crippen LogP contribution < -0.4 is 10.1 Å². The molecule has 8 heteroatoms. The number of ether oxygens (including phenoxy) is 1. The van der Waals surface area contributed by atoms with Crippen LogP contribution in [0, 0.1) is 6.92 Å². The monoisotopic (exact) mass is 466 g/mol. The van der Waals surface area contributed by atoms with Crippen LogP contribution in [0.15, 0.2) is 65.1 Å². The van der Waals surface area contributed by atoms with Gasteiger partial charge in [0.05, 0.1) is 0 Å². The fourth-order valence-electron chi connectivity index (χ4n) is 3.89. The minimum atomic E-state index is -3.04. The molecule has 0 aliphatic carbocycles. The summed E-state index contributed by atoms with van der Waals surface area (Å²) in [6.07, 6.45) is 0.341. The highest BCUT2D eigenvalue weighted by molar-refractivity contribution is 5.82. The SMILES string of the molecule is CCC(NCc1cc2nc(-c3cccc(-c4ccccc4)c3C)oc2cc1OC(F)F)C(=O)O. The van der Waals surface area contributed by atoms with E-state index >= 15 is 0 Å². The molecule has 6 nitrogen and oxygen atoms in total. The summed E-state index contributed by atoms with van der Waals surface area (Å²) < 4.78 is 36.7. The maximum atomic E-state index is 13.0. The Kier molecular flexibility index (Phi) is 6.88. The van der Waals surface area contributed by atoms with E-state index in [-0.39, 0.29) is 12.3 Å². The zero-order valence-electron chi connectivity index (χ0n) is 18.7. The van der Waals surface area contributed by atoms with Crippen molar-refractivity contribution in [3.05, 3.63) is 71.8 Å². The Hall–Kier alpha value is -3.78. The van der Waals surface area contributed by atoms with Crippen LogP contribution >= 0.6 is 0 Å². The van der Waals surface area contributed by atoms with Crippen LogP contribution in [-0.4, -0.2) is 28.7 Å². The summed E-state index contributed by atoms with van der Waals surface area (Å²) in [6.45, 7) is 0.684. The predicted molar refractivity (Wildman–Crippen MR) is 125 cm³/mol. The maximum Gasteiger partial charge on any atom is 0.387 e. The number of hydrogen-bond donors (Lipinski definition) is 2. The second-order valence-electron chi connectivity index (χ2n) is 7.85. The molecule has 0 aliphatic rings. The first-order valence-corrected chi connectivity index (χ1v) is 10.9. The van der Waals surface area contributed by atoms with Crippen molar-refractivity contribution in [2.45, 2.75) is 39.5 Å². The third-order valence-corrected chi connectivity index (χ3v) is 5.68. The fraction of sp³-hybridized carbons (Fsp3) is 0.231. The third-order valence-electron chi connectivity index (χ3n) is 5.68. The molecule has 4 aromatic rings. The van der Waals surface area contributed by atoms with Gasteiger partial charge in [-0.1, -0.05) is 49.4 Å². The Morgan fingerprint density at radius 2 is 1.85 bits per heavy atom. The molecule has 176 valence electrons. The van der Waals surface area contributed by atoms with Crippen molar-refractivity contribution in [2.24, 2.45) is 0 Å². The van der Waals surface area contributed by atoms with Gasteiger partial charge in [-0.2, -0.15) is 8.78 Å². The summed E-state index contributed by atoms with van der Waals surface area (Å²) in [4.78, 5) is 15.9. The molecule has 1 unspecified atom stereocenters. The number of oxazole rings is 1. The molecule has 0 saturated carbocycles. The van der Waals surface area contributed by atoms with E-state index in [1.165, 1.54) is 6.07 Å². The highest BCUT2D eigenvalue weighted by Crippen LogP contribution is 2.35. The van der Waals surface area contributed by atoms with Gasteiger partial charge in [0, 0.05) is 23.7 Å². The second-order valence-corrected chi connectivity index (χ2v) is 7.85. The lowest BCUT2D eigenvalue weighted by molar-refractivity contribution is -0.139. The van der Waals surface area contributed by atoms with E-state index < -0.39 is 18.6 Å². The number of alkyl halides is 2. The number of nitrogens with one attached hydrogen (secondary N) is 1. The average Bonchev–Trinajstić information content (AvgIpc) is 3.22. The first kappa shape index (κ1) is 23.4.